The summed E-state index contributed by atoms with van der Waals surface area (Å²) in [5.74, 6) is 0.612. The molecule has 2 aromatic heterocycles. The maximum absolute atomic E-state index is 12.7. The molecule has 0 unspecified atom stereocenters. The molecule has 128 valence electrons. The van der Waals surface area contributed by atoms with Crippen molar-refractivity contribution in [3.8, 4) is 0 Å². The molecule has 0 bridgehead atoms. The van der Waals surface area contributed by atoms with Gasteiger partial charge in [0, 0.05) is 19.0 Å². The molecule has 2 heterocycles. The molecule has 23 heavy (non-hydrogen) atoms. The lowest BCUT2D eigenvalue weighted by Crippen LogP contribution is -2.40. The quantitative estimate of drug-likeness (QED) is 0.585. The fourth-order valence-electron chi connectivity index (χ4n) is 2.71. The average Bonchev–Trinajstić information content (AvgIpc) is 2.85. The molecule has 0 aliphatic rings. The van der Waals surface area contributed by atoms with Gasteiger partial charge in [0.15, 0.2) is 5.65 Å². The van der Waals surface area contributed by atoms with Crippen molar-refractivity contribution >= 4 is 28.5 Å². The summed E-state index contributed by atoms with van der Waals surface area (Å²) in [7, 11) is 0. The van der Waals surface area contributed by atoms with E-state index in [1.165, 1.54) is 9.25 Å². The number of hydrogen-bond acceptors (Lipinski definition) is 4. The molecule has 2 rings (SSSR count). The van der Waals surface area contributed by atoms with E-state index in [2.05, 4.69) is 12.0 Å². The van der Waals surface area contributed by atoms with E-state index < -0.39 is 0 Å². The molecule has 0 fully saturated rings. The molecular formula is C15H24ClN5O2. The normalized spacial score (nSPS) is 11.4. The van der Waals surface area contributed by atoms with E-state index in [4.69, 9.17) is 17.3 Å². The topological polar surface area (TPSA) is 87.8 Å². The fraction of sp³-hybridized carbons (Fsp3) is 0.667. The van der Waals surface area contributed by atoms with Gasteiger partial charge in [0.2, 0.25) is 0 Å². The van der Waals surface area contributed by atoms with Crippen LogP contribution in [0.4, 0.5) is 5.82 Å². The van der Waals surface area contributed by atoms with Crippen molar-refractivity contribution in [1.29, 1.82) is 0 Å². The van der Waals surface area contributed by atoms with Crippen LogP contribution in [0.25, 0.3) is 11.0 Å². The van der Waals surface area contributed by atoms with E-state index >= 15 is 0 Å². The van der Waals surface area contributed by atoms with Crippen LogP contribution in [0.3, 0.4) is 0 Å². The highest BCUT2D eigenvalue weighted by atomic mass is 35.5. The van der Waals surface area contributed by atoms with Crippen molar-refractivity contribution in [2.45, 2.75) is 59.2 Å². The van der Waals surface area contributed by atoms with Crippen molar-refractivity contribution in [3.63, 3.8) is 0 Å². The SMILES string of the molecule is CCCCCn1c(=O)c2c(N)n(CCCl)nc2n(CCC)c1=O. The predicted octanol–water partition coefficient (Wildman–Crippen LogP) is 1.78. The molecule has 0 saturated carbocycles. The Morgan fingerprint density at radius 2 is 1.78 bits per heavy atom. The molecule has 0 atom stereocenters. The largest absolute Gasteiger partial charge is 0.383 e. The minimum atomic E-state index is -0.355. The zero-order valence-corrected chi connectivity index (χ0v) is 14.5. The Morgan fingerprint density at radius 3 is 2.39 bits per heavy atom. The van der Waals surface area contributed by atoms with E-state index in [0.29, 0.717) is 36.5 Å². The Kier molecular flexibility index (Phi) is 5.87. The Bertz CT molecular complexity index is 790. The number of nitrogens with two attached hydrogens (primary N) is 1. The molecule has 0 aliphatic carbocycles. The molecule has 0 saturated heterocycles. The molecule has 2 aromatic rings. The van der Waals surface area contributed by atoms with Gasteiger partial charge >= 0.3 is 5.69 Å². The number of aromatic nitrogens is 4. The van der Waals surface area contributed by atoms with Gasteiger partial charge in [-0.15, -0.1) is 11.6 Å². The van der Waals surface area contributed by atoms with Crippen LogP contribution in [0.15, 0.2) is 9.59 Å². The van der Waals surface area contributed by atoms with Gasteiger partial charge in [-0.05, 0) is 12.8 Å². The molecule has 2 N–H and O–H groups in total. The van der Waals surface area contributed by atoms with E-state index in [1.54, 1.807) is 4.57 Å². The second-order valence-corrected chi connectivity index (χ2v) is 5.97. The van der Waals surface area contributed by atoms with E-state index in [1.807, 2.05) is 6.92 Å². The third-order valence-electron chi connectivity index (χ3n) is 3.88. The van der Waals surface area contributed by atoms with Crippen LogP contribution < -0.4 is 17.0 Å². The van der Waals surface area contributed by atoms with Crippen molar-refractivity contribution in [2.75, 3.05) is 11.6 Å². The Balaban J connectivity index is 2.70. The third kappa shape index (κ3) is 3.29. The van der Waals surface area contributed by atoms with Gasteiger partial charge in [-0.3, -0.25) is 13.9 Å². The van der Waals surface area contributed by atoms with Crippen LogP contribution in [-0.4, -0.2) is 24.8 Å². The predicted molar refractivity (Wildman–Crippen MR) is 93.2 cm³/mol. The van der Waals surface area contributed by atoms with Crippen LogP contribution in [0.1, 0.15) is 39.5 Å². The molecule has 0 amide bonds. The maximum Gasteiger partial charge on any atom is 0.332 e. The van der Waals surface area contributed by atoms with Crippen LogP contribution in [-0.2, 0) is 19.6 Å². The molecule has 0 radical (unpaired) electrons. The van der Waals surface area contributed by atoms with E-state index in [0.717, 1.165) is 25.7 Å². The van der Waals surface area contributed by atoms with E-state index in [-0.39, 0.29) is 17.1 Å². The number of anilines is 1. The van der Waals surface area contributed by atoms with Crippen LogP contribution >= 0.6 is 11.6 Å². The Morgan fingerprint density at radius 1 is 1.04 bits per heavy atom. The first-order chi connectivity index (χ1) is 11.1. The molecule has 0 aromatic carbocycles. The number of rotatable bonds is 8. The van der Waals surface area contributed by atoms with Crippen molar-refractivity contribution in [3.05, 3.63) is 20.8 Å². The lowest BCUT2D eigenvalue weighted by atomic mass is 10.2. The Labute approximate surface area is 139 Å². The van der Waals surface area contributed by atoms with Gasteiger partial charge in [0.1, 0.15) is 11.2 Å². The number of aryl methyl sites for hydroxylation is 2. The summed E-state index contributed by atoms with van der Waals surface area (Å²) in [6, 6.07) is 0. The number of fused-ring (bicyclic) bond motifs is 1. The standard InChI is InChI=1S/C15H24ClN5O2/c1-3-5-6-9-20-14(22)11-12(17)21(10-7-16)18-13(11)19(8-4-2)15(20)23/h3-10,17H2,1-2H3. The minimum absolute atomic E-state index is 0.278. The Hall–Kier alpha value is -1.76. The average molecular weight is 342 g/mol. The number of alkyl halides is 1. The summed E-state index contributed by atoms with van der Waals surface area (Å²) in [4.78, 5) is 25.4. The van der Waals surface area contributed by atoms with Gasteiger partial charge in [-0.1, -0.05) is 26.7 Å². The highest BCUT2D eigenvalue weighted by Crippen LogP contribution is 2.16. The first-order valence-electron chi connectivity index (χ1n) is 8.12. The number of nitrogens with zero attached hydrogens (tertiary/aromatic N) is 4. The molecule has 8 heteroatoms. The first-order valence-corrected chi connectivity index (χ1v) is 8.65. The second-order valence-electron chi connectivity index (χ2n) is 5.59. The molecule has 7 nitrogen and oxygen atoms in total. The minimum Gasteiger partial charge on any atom is -0.383 e. The van der Waals surface area contributed by atoms with Crippen LogP contribution in [0.5, 0.6) is 0 Å². The summed E-state index contributed by atoms with van der Waals surface area (Å²) >= 11 is 5.76. The lowest BCUT2D eigenvalue weighted by Gasteiger charge is -2.10. The van der Waals surface area contributed by atoms with Gasteiger partial charge in [-0.25, -0.2) is 9.48 Å². The summed E-state index contributed by atoms with van der Waals surface area (Å²) in [6.45, 7) is 5.36. The second kappa shape index (κ2) is 7.68. The smallest absolute Gasteiger partial charge is 0.332 e. The van der Waals surface area contributed by atoms with Gasteiger partial charge in [0.05, 0.1) is 6.54 Å². The van der Waals surface area contributed by atoms with Gasteiger partial charge in [0.25, 0.3) is 5.56 Å². The van der Waals surface area contributed by atoms with Crippen molar-refractivity contribution in [2.24, 2.45) is 0 Å². The zero-order valence-electron chi connectivity index (χ0n) is 13.7. The summed E-state index contributed by atoms with van der Waals surface area (Å²) in [5.41, 5.74) is 5.77. The van der Waals surface area contributed by atoms with Crippen LogP contribution in [0, 0.1) is 0 Å². The van der Waals surface area contributed by atoms with Gasteiger partial charge < -0.3 is 5.73 Å². The number of halogens is 1. The van der Waals surface area contributed by atoms with E-state index in [9.17, 15) is 9.59 Å². The lowest BCUT2D eigenvalue weighted by molar-refractivity contribution is 0.527. The number of unbranched alkanes of at least 4 members (excludes halogenated alkanes) is 2. The molecular weight excluding hydrogens is 318 g/mol. The molecule has 0 aliphatic heterocycles. The fourth-order valence-corrected chi connectivity index (χ4v) is 2.87. The third-order valence-corrected chi connectivity index (χ3v) is 4.05. The number of hydrogen-bond donors (Lipinski definition) is 1. The van der Waals surface area contributed by atoms with Gasteiger partial charge in [-0.2, -0.15) is 5.10 Å². The highest BCUT2D eigenvalue weighted by molar-refractivity contribution is 6.17. The maximum atomic E-state index is 12.7. The van der Waals surface area contributed by atoms with Crippen molar-refractivity contribution in [1.82, 2.24) is 18.9 Å². The zero-order chi connectivity index (χ0) is 17.0. The first kappa shape index (κ1) is 17.6. The summed E-state index contributed by atoms with van der Waals surface area (Å²) in [6.07, 6.45) is 3.55. The number of nitrogen functional groups attached to an aromatic ring is 1. The highest BCUT2D eigenvalue weighted by Gasteiger charge is 2.19. The monoisotopic (exact) mass is 341 g/mol. The summed E-state index contributed by atoms with van der Waals surface area (Å²) < 4.78 is 4.33. The van der Waals surface area contributed by atoms with Crippen LogP contribution in [0.2, 0.25) is 0 Å². The molecule has 0 spiro atoms. The van der Waals surface area contributed by atoms with Crippen molar-refractivity contribution < 1.29 is 0 Å². The summed E-state index contributed by atoms with van der Waals surface area (Å²) in [5, 5.41) is 4.66.